The van der Waals surface area contributed by atoms with E-state index in [0.717, 1.165) is 38.8 Å². The molecular formula is C15H29NO2. The van der Waals surface area contributed by atoms with Gasteiger partial charge in [0.1, 0.15) is 0 Å². The van der Waals surface area contributed by atoms with Crippen LogP contribution in [0.2, 0.25) is 0 Å². The highest BCUT2D eigenvalue weighted by Crippen LogP contribution is 2.44. The maximum atomic E-state index is 5.59. The van der Waals surface area contributed by atoms with Crippen LogP contribution in [0.1, 0.15) is 44.9 Å². The third kappa shape index (κ3) is 3.69. The Kier molecular flexibility index (Phi) is 5.93. The summed E-state index contributed by atoms with van der Waals surface area (Å²) in [6, 6.07) is 0. The number of rotatable bonds is 6. The van der Waals surface area contributed by atoms with E-state index in [1.165, 1.54) is 44.9 Å². The average Bonchev–Trinajstić information content (AvgIpc) is 2.46. The Hall–Kier alpha value is -0.120. The molecule has 2 fully saturated rings. The number of nitrogens with one attached hydrogen (secondary N) is 1. The van der Waals surface area contributed by atoms with Gasteiger partial charge in [-0.1, -0.05) is 19.3 Å². The van der Waals surface area contributed by atoms with E-state index in [1.807, 2.05) is 0 Å². The van der Waals surface area contributed by atoms with Crippen molar-refractivity contribution in [1.82, 2.24) is 5.32 Å². The lowest BCUT2D eigenvalue weighted by molar-refractivity contribution is -0.0284. The summed E-state index contributed by atoms with van der Waals surface area (Å²) in [6.45, 7) is 4.87. The average molecular weight is 255 g/mol. The Morgan fingerprint density at radius 2 is 1.89 bits per heavy atom. The molecule has 0 unspecified atom stereocenters. The molecule has 0 spiro atoms. The molecule has 0 amide bonds. The van der Waals surface area contributed by atoms with Crippen LogP contribution in [-0.4, -0.2) is 40.0 Å². The zero-order valence-corrected chi connectivity index (χ0v) is 11.9. The van der Waals surface area contributed by atoms with Crippen molar-refractivity contribution < 1.29 is 9.47 Å². The molecule has 1 aliphatic carbocycles. The van der Waals surface area contributed by atoms with Crippen molar-refractivity contribution in [2.45, 2.75) is 44.9 Å². The molecule has 3 heteroatoms. The highest BCUT2D eigenvalue weighted by molar-refractivity contribution is 4.91. The Morgan fingerprint density at radius 1 is 1.17 bits per heavy atom. The van der Waals surface area contributed by atoms with Crippen molar-refractivity contribution in [2.24, 2.45) is 11.3 Å². The van der Waals surface area contributed by atoms with E-state index in [0.29, 0.717) is 5.41 Å². The fourth-order valence-corrected chi connectivity index (χ4v) is 3.73. The predicted octanol–water partition coefficient (Wildman–Crippen LogP) is 2.60. The van der Waals surface area contributed by atoms with Crippen LogP contribution >= 0.6 is 0 Å². The normalized spacial score (nSPS) is 25.2. The van der Waals surface area contributed by atoms with Crippen LogP contribution in [0.4, 0.5) is 0 Å². The lowest BCUT2D eigenvalue weighted by Gasteiger charge is -2.45. The van der Waals surface area contributed by atoms with Gasteiger partial charge in [0.05, 0.1) is 6.61 Å². The van der Waals surface area contributed by atoms with E-state index in [4.69, 9.17) is 9.47 Å². The Labute approximate surface area is 112 Å². The van der Waals surface area contributed by atoms with Crippen molar-refractivity contribution in [2.75, 3.05) is 40.0 Å². The van der Waals surface area contributed by atoms with Crippen LogP contribution in [0.3, 0.4) is 0 Å². The van der Waals surface area contributed by atoms with E-state index >= 15 is 0 Å². The van der Waals surface area contributed by atoms with Crippen LogP contribution in [0.15, 0.2) is 0 Å². The highest BCUT2D eigenvalue weighted by Gasteiger charge is 2.39. The maximum absolute atomic E-state index is 5.59. The second-order valence-electron chi connectivity index (χ2n) is 5.98. The molecule has 1 heterocycles. The summed E-state index contributed by atoms with van der Waals surface area (Å²) in [7, 11) is 1.77. The maximum Gasteiger partial charge on any atom is 0.0587 e. The van der Waals surface area contributed by atoms with Crippen LogP contribution in [0.25, 0.3) is 0 Å². The third-order valence-corrected chi connectivity index (χ3v) is 4.92. The van der Waals surface area contributed by atoms with Crippen molar-refractivity contribution in [3.8, 4) is 0 Å². The molecule has 0 aromatic carbocycles. The first-order valence-corrected chi connectivity index (χ1v) is 7.65. The van der Waals surface area contributed by atoms with Gasteiger partial charge in [-0.05, 0) is 37.0 Å². The van der Waals surface area contributed by atoms with Crippen molar-refractivity contribution in [3.05, 3.63) is 0 Å². The van der Waals surface area contributed by atoms with Crippen LogP contribution in [-0.2, 0) is 9.47 Å². The van der Waals surface area contributed by atoms with Gasteiger partial charge in [0, 0.05) is 33.4 Å². The molecule has 0 radical (unpaired) electrons. The number of hydrogen-bond donors (Lipinski definition) is 1. The zero-order chi connectivity index (χ0) is 12.7. The molecule has 1 saturated heterocycles. The second-order valence-corrected chi connectivity index (χ2v) is 5.98. The molecule has 2 rings (SSSR count). The lowest BCUT2D eigenvalue weighted by atomic mass is 9.64. The van der Waals surface area contributed by atoms with Crippen LogP contribution in [0, 0.1) is 11.3 Å². The van der Waals surface area contributed by atoms with Crippen molar-refractivity contribution >= 4 is 0 Å². The Balaban J connectivity index is 1.88. The second kappa shape index (κ2) is 7.46. The summed E-state index contributed by atoms with van der Waals surface area (Å²) in [5, 5.41) is 3.61. The summed E-state index contributed by atoms with van der Waals surface area (Å²) in [5.74, 6) is 0.921. The first-order valence-electron chi connectivity index (χ1n) is 7.65. The summed E-state index contributed by atoms with van der Waals surface area (Å²) in [4.78, 5) is 0. The standard InChI is InChI=1S/C15H29NO2/c1-17-12-9-16-13-15(7-10-18-11-8-15)14-5-3-2-4-6-14/h14,16H,2-13H2,1H3. The van der Waals surface area contributed by atoms with Gasteiger partial charge in [-0.15, -0.1) is 0 Å². The van der Waals surface area contributed by atoms with Crippen LogP contribution < -0.4 is 5.32 Å². The summed E-state index contributed by atoms with van der Waals surface area (Å²) in [5.41, 5.74) is 0.506. The molecule has 1 N–H and O–H groups in total. The van der Waals surface area contributed by atoms with Gasteiger partial charge < -0.3 is 14.8 Å². The summed E-state index contributed by atoms with van der Waals surface area (Å²) in [6.07, 6.45) is 9.68. The fourth-order valence-electron chi connectivity index (χ4n) is 3.73. The van der Waals surface area contributed by atoms with Crippen molar-refractivity contribution in [3.63, 3.8) is 0 Å². The molecule has 0 aromatic rings. The molecular weight excluding hydrogens is 226 g/mol. The Morgan fingerprint density at radius 3 is 2.56 bits per heavy atom. The molecule has 0 atom stereocenters. The quantitative estimate of drug-likeness (QED) is 0.740. The van der Waals surface area contributed by atoms with Gasteiger partial charge >= 0.3 is 0 Å². The zero-order valence-electron chi connectivity index (χ0n) is 11.9. The minimum atomic E-state index is 0.506. The summed E-state index contributed by atoms with van der Waals surface area (Å²) >= 11 is 0. The lowest BCUT2D eigenvalue weighted by Crippen LogP contribution is -2.45. The molecule has 1 aliphatic heterocycles. The third-order valence-electron chi connectivity index (χ3n) is 4.92. The first kappa shape index (κ1) is 14.3. The van der Waals surface area contributed by atoms with Gasteiger partial charge in [-0.2, -0.15) is 0 Å². The molecule has 1 saturated carbocycles. The number of methoxy groups -OCH3 is 1. The minimum absolute atomic E-state index is 0.506. The van der Waals surface area contributed by atoms with Crippen molar-refractivity contribution in [1.29, 1.82) is 0 Å². The molecule has 2 aliphatic rings. The van der Waals surface area contributed by atoms with Gasteiger partial charge in [0.15, 0.2) is 0 Å². The van der Waals surface area contributed by atoms with Gasteiger partial charge in [-0.25, -0.2) is 0 Å². The topological polar surface area (TPSA) is 30.5 Å². The van der Waals surface area contributed by atoms with E-state index in [-0.39, 0.29) is 0 Å². The molecule has 0 aromatic heterocycles. The smallest absolute Gasteiger partial charge is 0.0587 e. The monoisotopic (exact) mass is 255 g/mol. The highest BCUT2D eigenvalue weighted by atomic mass is 16.5. The summed E-state index contributed by atoms with van der Waals surface area (Å²) < 4.78 is 10.7. The van der Waals surface area contributed by atoms with E-state index in [9.17, 15) is 0 Å². The first-order chi connectivity index (χ1) is 8.87. The largest absolute Gasteiger partial charge is 0.383 e. The van der Waals surface area contributed by atoms with E-state index in [2.05, 4.69) is 5.32 Å². The molecule has 18 heavy (non-hydrogen) atoms. The SMILES string of the molecule is COCCNCC1(C2CCCCC2)CCOCC1. The minimum Gasteiger partial charge on any atom is -0.383 e. The Bertz CT molecular complexity index is 221. The van der Waals surface area contributed by atoms with Gasteiger partial charge in [0.2, 0.25) is 0 Å². The van der Waals surface area contributed by atoms with E-state index < -0.39 is 0 Å². The van der Waals surface area contributed by atoms with E-state index in [1.54, 1.807) is 7.11 Å². The van der Waals surface area contributed by atoms with Gasteiger partial charge in [0.25, 0.3) is 0 Å². The molecule has 0 bridgehead atoms. The molecule has 106 valence electrons. The number of hydrogen-bond acceptors (Lipinski definition) is 3. The predicted molar refractivity (Wildman–Crippen MR) is 73.8 cm³/mol. The van der Waals surface area contributed by atoms with Gasteiger partial charge in [-0.3, -0.25) is 0 Å². The molecule has 3 nitrogen and oxygen atoms in total. The number of ether oxygens (including phenoxy) is 2. The fraction of sp³-hybridized carbons (Fsp3) is 1.00. The van der Waals surface area contributed by atoms with Crippen LogP contribution in [0.5, 0.6) is 0 Å².